The molecule has 1 heterocycles. The van der Waals surface area contributed by atoms with Crippen molar-refractivity contribution < 1.29 is 4.74 Å². The summed E-state index contributed by atoms with van der Waals surface area (Å²) in [6, 6.07) is 8.88. The smallest absolute Gasteiger partial charge is 0.0874 e. The van der Waals surface area contributed by atoms with Crippen molar-refractivity contribution in [2.24, 2.45) is 11.8 Å². The number of rotatable bonds is 3. The average molecular weight is 229 g/mol. The third-order valence-corrected chi connectivity index (χ3v) is 4.56. The van der Waals surface area contributed by atoms with Crippen LogP contribution in [-0.2, 0) is 4.74 Å². The molecule has 3 aliphatic rings. The van der Waals surface area contributed by atoms with Gasteiger partial charge in [0.1, 0.15) is 0 Å². The number of hydrogen-bond donors (Lipinski definition) is 1. The number of hydrogen-bond acceptors (Lipinski definition) is 2. The first kappa shape index (κ1) is 10.1. The van der Waals surface area contributed by atoms with E-state index < -0.39 is 0 Å². The summed E-state index contributed by atoms with van der Waals surface area (Å²) in [6.45, 7) is 3.22. The molecule has 1 saturated carbocycles. The summed E-state index contributed by atoms with van der Waals surface area (Å²) in [5.41, 5.74) is 2.99. The van der Waals surface area contributed by atoms with Crippen LogP contribution >= 0.6 is 0 Å². The minimum atomic E-state index is 0.354. The zero-order valence-corrected chi connectivity index (χ0v) is 10.1. The molecule has 90 valence electrons. The maximum Gasteiger partial charge on any atom is 0.0874 e. The molecule has 1 N–H and O–H groups in total. The van der Waals surface area contributed by atoms with Gasteiger partial charge in [-0.25, -0.2) is 0 Å². The zero-order chi connectivity index (χ0) is 11.2. The van der Waals surface area contributed by atoms with Gasteiger partial charge >= 0.3 is 0 Å². The van der Waals surface area contributed by atoms with Crippen LogP contribution in [0.5, 0.6) is 0 Å². The fourth-order valence-corrected chi connectivity index (χ4v) is 3.43. The fraction of sp³-hybridized carbons (Fsp3) is 0.600. The third-order valence-electron chi connectivity index (χ3n) is 4.56. The summed E-state index contributed by atoms with van der Waals surface area (Å²) in [6.07, 6.45) is 3.10. The fourth-order valence-electron chi connectivity index (χ4n) is 3.43. The molecule has 1 unspecified atom stereocenters. The van der Waals surface area contributed by atoms with Crippen molar-refractivity contribution in [2.45, 2.75) is 24.9 Å². The molecule has 3 atom stereocenters. The van der Waals surface area contributed by atoms with Gasteiger partial charge in [-0.3, -0.25) is 0 Å². The summed E-state index contributed by atoms with van der Waals surface area (Å²) in [5.74, 6) is 2.22. The number of fused-ring (bicyclic) bond motifs is 3. The van der Waals surface area contributed by atoms with Gasteiger partial charge in [-0.1, -0.05) is 24.3 Å². The molecule has 1 aromatic carbocycles. The summed E-state index contributed by atoms with van der Waals surface area (Å²) >= 11 is 0. The SMILES string of the molecule is c1ccc2c(c1)C(OCC1CC1)[C@@H]1CNC[C@@H]21. The van der Waals surface area contributed by atoms with E-state index in [4.69, 9.17) is 4.74 Å². The quantitative estimate of drug-likeness (QED) is 0.859. The highest BCUT2D eigenvalue weighted by molar-refractivity contribution is 5.40. The highest BCUT2D eigenvalue weighted by Gasteiger charge is 2.44. The van der Waals surface area contributed by atoms with Crippen molar-refractivity contribution in [3.05, 3.63) is 35.4 Å². The molecule has 1 saturated heterocycles. The van der Waals surface area contributed by atoms with E-state index >= 15 is 0 Å². The number of benzene rings is 1. The van der Waals surface area contributed by atoms with Crippen molar-refractivity contribution in [3.63, 3.8) is 0 Å². The summed E-state index contributed by atoms with van der Waals surface area (Å²) in [5, 5.41) is 3.52. The van der Waals surface area contributed by atoms with E-state index in [9.17, 15) is 0 Å². The summed E-state index contributed by atoms with van der Waals surface area (Å²) < 4.78 is 6.23. The van der Waals surface area contributed by atoms with Crippen LogP contribution in [0.3, 0.4) is 0 Å². The van der Waals surface area contributed by atoms with Gasteiger partial charge in [0.05, 0.1) is 12.7 Å². The van der Waals surface area contributed by atoms with Gasteiger partial charge in [-0.2, -0.15) is 0 Å². The molecule has 2 fully saturated rings. The highest BCUT2D eigenvalue weighted by atomic mass is 16.5. The van der Waals surface area contributed by atoms with Crippen molar-refractivity contribution >= 4 is 0 Å². The van der Waals surface area contributed by atoms with Crippen molar-refractivity contribution in [2.75, 3.05) is 19.7 Å². The van der Waals surface area contributed by atoms with E-state index in [-0.39, 0.29) is 0 Å². The predicted octanol–water partition coefficient (Wildman–Crippen LogP) is 2.47. The first-order chi connectivity index (χ1) is 8.43. The van der Waals surface area contributed by atoms with E-state index in [0.29, 0.717) is 17.9 Å². The van der Waals surface area contributed by atoms with Gasteiger partial charge in [-0.15, -0.1) is 0 Å². The normalized spacial score (nSPS) is 34.7. The molecule has 0 aromatic heterocycles. The van der Waals surface area contributed by atoms with Crippen LogP contribution in [0.25, 0.3) is 0 Å². The van der Waals surface area contributed by atoms with Gasteiger partial charge in [0, 0.05) is 24.9 Å². The Kier molecular flexibility index (Phi) is 2.27. The van der Waals surface area contributed by atoms with Crippen LogP contribution in [0.2, 0.25) is 0 Å². The molecule has 0 amide bonds. The standard InChI is InChI=1S/C15H19NO/c1-2-4-12-11(3-1)13-7-16-8-14(13)15(12)17-9-10-5-6-10/h1-4,10,13-16H,5-9H2/t13-,14+,15?/m0/s1. The molecular formula is C15H19NO. The van der Waals surface area contributed by atoms with Gasteiger partial charge in [-0.05, 0) is 29.9 Å². The van der Waals surface area contributed by atoms with Gasteiger partial charge < -0.3 is 10.1 Å². The maximum absolute atomic E-state index is 6.23. The Balaban J connectivity index is 1.63. The topological polar surface area (TPSA) is 21.3 Å². The van der Waals surface area contributed by atoms with E-state index in [1.165, 1.54) is 24.0 Å². The number of nitrogens with one attached hydrogen (secondary N) is 1. The molecule has 4 rings (SSSR count). The molecule has 2 aliphatic carbocycles. The predicted molar refractivity (Wildman–Crippen MR) is 67.0 cm³/mol. The molecule has 0 radical (unpaired) electrons. The van der Waals surface area contributed by atoms with Crippen molar-refractivity contribution in [1.82, 2.24) is 5.32 Å². The van der Waals surface area contributed by atoms with E-state index in [1.807, 2.05) is 0 Å². The van der Waals surface area contributed by atoms with E-state index in [1.54, 1.807) is 0 Å². The molecule has 1 aliphatic heterocycles. The van der Waals surface area contributed by atoms with Crippen LogP contribution < -0.4 is 5.32 Å². The Bertz CT molecular complexity index is 427. The molecular weight excluding hydrogens is 210 g/mol. The Labute approximate surface area is 102 Å². The average Bonchev–Trinajstić information content (AvgIpc) is 2.98. The Morgan fingerprint density at radius 3 is 2.76 bits per heavy atom. The zero-order valence-electron chi connectivity index (χ0n) is 10.1. The third kappa shape index (κ3) is 1.62. The van der Waals surface area contributed by atoms with Crippen LogP contribution in [0.15, 0.2) is 24.3 Å². The maximum atomic E-state index is 6.23. The Morgan fingerprint density at radius 1 is 1.12 bits per heavy atom. The van der Waals surface area contributed by atoms with Crippen molar-refractivity contribution in [1.29, 1.82) is 0 Å². The van der Waals surface area contributed by atoms with Crippen molar-refractivity contribution in [3.8, 4) is 0 Å². The summed E-state index contributed by atoms with van der Waals surface area (Å²) in [7, 11) is 0. The van der Waals surface area contributed by atoms with Crippen LogP contribution in [0.4, 0.5) is 0 Å². The lowest BCUT2D eigenvalue weighted by Crippen LogP contribution is -2.18. The highest BCUT2D eigenvalue weighted by Crippen LogP contribution is 2.49. The Morgan fingerprint density at radius 2 is 1.94 bits per heavy atom. The van der Waals surface area contributed by atoms with Crippen LogP contribution in [-0.4, -0.2) is 19.7 Å². The molecule has 2 nitrogen and oxygen atoms in total. The van der Waals surface area contributed by atoms with Gasteiger partial charge in [0.25, 0.3) is 0 Å². The molecule has 17 heavy (non-hydrogen) atoms. The van der Waals surface area contributed by atoms with Gasteiger partial charge in [0.2, 0.25) is 0 Å². The second-order valence-electron chi connectivity index (χ2n) is 5.75. The molecule has 2 heteroatoms. The molecule has 1 aromatic rings. The summed E-state index contributed by atoms with van der Waals surface area (Å²) in [4.78, 5) is 0. The van der Waals surface area contributed by atoms with Crippen LogP contribution in [0.1, 0.15) is 36.0 Å². The van der Waals surface area contributed by atoms with Gasteiger partial charge in [0.15, 0.2) is 0 Å². The molecule has 0 bridgehead atoms. The Hall–Kier alpha value is -0.860. The lowest BCUT2D eigenvalue weighted by Gasteiger charge is -2.19. The van der Waals surface area contributed by atoms with E-state index in [0.717, 1.165) is 25.6 Å². The minimum absolute atomic E-state index is 0.354. The lowest BCUT2D eigenvalue weighted by molar-refractivity contribution is 0.0154. The van der Waals surface area contributed by atoms with E-state index in [2.05, 4.69) is 29.6 Å². The van der Waals surface area contributed by atoms with Crippen LogP contribution in [0, 0.1) is 11.8 Å². The lowest BCUT2D eigenvalue weighted by atomic mass is 9.96. The monoisotopic (exact) mass is 229 g/mol. The molecule has 0 spiro atoms. The number of ether oxygens (including phenoxy) is 1. The minimum Gasteiger partial charge on any atom is -0.373 e. The largest absolute Gasteiger partial charge is 0.373 e. The first-order valence-corrected chi connectivity index (χ1v) is 6.84. The second-order valence-corrected chi connectivity index (χ2v) is 5.75. The second kappa shape index (κ2) is 3.82. The first-order valence-electron chi connectivity index (χ1n) is 6.84.